The number of ether oxygens (including phenoxy) is 2. The lowest BCUT2D eigenvalue weighted by atomic mass is 9.92. The Kier molecular flexibility index (Phi) is 5.19. The maximum Gasteiger partial charge on any atom is 0.170 e. The summed E-state index contributed by atoms with van der Waals surface area (Å²) in [7, 11) is 0. The van der Waals surface area contributed by atoms with Gasteiger partial charge in [-0.2, -0.15) is 0 Å². The zero-order valence-corrected chi connectivity index (χ0v) is 24.9. The standard InChI is InChI=1S/C42H24O2S/c1-2-9-31-29(7-1)30-8-3-4-10-32(30)35-21-25(13-17-33(31)35)27-14-18-37-39(23-27)43-38-19-15-28(24-40(38)44-37)26-16-20-42-36(22-26)34-11-5-6-12-41(34)45-42/h1-24H. The molecule has 0 spiro atoms. The smallest absolute Gasteiger partial charge is 0.170 e. The summed E-state index contributed by atoms with van der Waals surface area (Å²) >= 11 is 1.84. The number of thiophene rings is 1. The molecule has 2 nitrogen and oxygen atoms in total. The van der Waals surface area contributed by atoms with Crippen molar-refractivity contribution in [1.82, 2.24) is 0 Å². The quantitative estimate of drug-likeness (QED) is 0.186. The number of benzene rings is 8. The van der Waals surface area contributed by atoms with Gasteiger partial charge in [0.15, 0.2) is 23.0 Å². The van der Waals surface area contributed by atoms with Gasteiger partial charge in [0.25, 0.3) is 0 Å². The minimum Gasteiger partial charge on any atom is -0.449 e. The van der Waals surface area contributed by atoms with Gasteiger partial charge < -0.3 is 9.47 Å². The molecule has 0 atom stereocenters. The largest absolute Gasteiger partial charge is 0.449 e. The van der Waals surface area contributed by atoms with Crippen LogP contribution in [0.3, 0.4) is 0 Å². The molecule has 8 aromatic carbocycles. The maximum absolute atomic E-state index is 6.44. The summed E-state index contributed by atoms with van der Waals surface area (Å²) in [6, 6.07) is 51.9. The Labute approximate surface area is 263 Å². The fraction of sp³-hybridized carbons (Fsp3) is 0. The summed E-state index contributed by atoms with van der Waals surface area (Å²) in [5.41, 5.74) is 4.50. The van der Waals surface area contributed by atoms with Crippen LogP contribution in [0.2, 0.25) is 0 Å². The Morgan fingerprint density at radius 3 is 1.33 bits per heavy atom. The lowest BCUT2D eigenvalue weighted by molar-refractivity contribution is 0.360. The molecule has 1 aliphatic rings. The molecule has 1 aromatic heterocycles. The van der Waals surface area contributed by atoms with Crippen molar-refractivity contribution in [3.05, 3.63) is 146 Å². The Hall–Kier alpha value is -5.64. The third-order valence-corrected chi connectivity index (χ3v) is 10.3. The Morgan fingerprint density at radius 1 is 0.289 bits per heavy atom. The van der Waals surface area contributed by atoms with Crippen LogP contribution < -0.4 is 9.47 Å². The van der Waals surface area contributed by atoms with Crippen LogP contribution in [-0.4, -0.2) is 0 Å². The molecule has 0 saturated carbocycles. The van der Waals surface area contributed by atoms with E-state index in [4.69, 9.17) is 9.47 Å². The highest BCUT2D eigenvalue weighted by molar-refractivity contribution is 7.25. The SMILES string of the molecule is c1ccc2c(c1)sc1ccc(-c3ccc4c(c3)Oc3ccc(-c5ccc6c7ccccc7c7ccccc7c6c5)cc3O4)cc12. The molecule has 3 heteroatoms. The highest BCUT2D eigenvalue weighted by atomic mass is 32.1. The van der Waals surface area contributed by atoms with Gasteiger partial charge in [0.2, 0.25) is 0 Å². The van der Waals surface area contributed by atoms with Crippen molar-refractivity contribution in [3.8, 4) is 45.3 Å². The first kappa shape index (κ1) is 24.8. The van der Waals surface area contributed by atoms with E-state index in [1.54, 1.807) is 0 Å². The van der Waals surface area contributed by atoms with Crippen molar-refractivity contribution < 1.29 is 9.47 Å². The highest BCUT2D eigenvalue weighted by Gasteiger charge is 2.21. The Balaban J connectivity index is 1.02. The van der Waals surface area contributed by atoms with Crippen molar-refractivity contribution in [1.29, 1.82) is 0 Å². The van der Waals surface area contributed by atoms with Crippen LogP contribution in [0.25, 0.3) is 74.7 Å². The number of rotatable bonds is 2. The summed E-state index contributed by atoms with van der Waals surface area (Å²) in [4.78, 5) is 0. The van der Waals surface area contributed by atoms with E-state index in [0.717, 1.165) is 45.3 Å². The van der Waals surface area contributed by atoms with Gasteiger partial charge in [-0.05, 0) is 103 Å². The van der Waals surface area contributed by atoms with Crippen LogP contribution in [0, 0.1) is 0 Å². The first-order valence-electron chi connectivity index (χ1n) is 15.2. The van der Waals surface area contributed by atoms with E-state index in [9.17, 15) is 0 Å². The van der Waals surface area contributed by atoms with E-state index in [2.05, 4.69) is 133 Å². The molecule has 0 saturated heterocycles. The average molecular weight is 593 g/mol. The number of hydrogen-bond acceptors (Lipinski definition) is 3. The monoisotopic (exact) mass is 592 g/mol. The van der Waals surface area contributed by atoms with Crippen molar-refractivity contribution in [2.24, 2.45) is 0 Å². The maximum atomic E-state index is 6.44. The minimum absolute atomic E-state index is 0.722. The van der Waals surface area contributed by atoms with E-state index in [1.165, 1.54) is 52.5 Å². The van der Waals surface area contributed by atoms with E-state index in [0.29, 0.717) is 0 Å². The molecule has 9 aromatic rings. The van der Waals surface area contributed by atoms with Crippen molar-refractivity contribution in [2.75, 3.05) is 0 Å². The zero-order valence-electron chi connectivity index (χ0n) is 24.1. The Bertz CT molecular complexity index is 2630. The zero-order chi connectivity index (χ0) is 29.5. The van der Waals surface area contributed by atoms with E-state index in [1.807, 2.05) is 23.5 Å². The highest BCUT2D eigenvalue weighted by Crippen LogP contribution is 2.48. The van der Waals surface area contributed by atoms with Gasteiger partial charge in [-0.25, -0.2) is 0 Å². The molecule has 0 amide bonds. The molecule has 210 valence electrons. The molecule has 0 aliphatic carbocycles. The lowest BCUT2D eigenvalue weighted by Gasteiger charge is -2.22. The van der Waals surface area contributed by atoms with Crippen LogP contribution in [0.5, 0.6) is 23.0 Å². The molecular formula is C42H24O2S. The predicted molar refractivity (Wildman–Crippen MR) is 189 cm³/mol. The molecular weight excluding hydrogens is 569 g/mol. The van der Waals surface area contributed by atoms with E-state index < -0.39 is 0 Å². The molecule has 0 N–H and O–H groups in total. The number of hydrogen-bond donors (Lipinski definition) is 0. The number of fused-ring (bicyclic) bond motifs is 11. The van der Waals surface area contributed by atoms with Crippen LogP contribution in [0.4, 0.5) is 0 Å². The molecule has 0 unspecified atom stereocenters. The van der Waals surface area contributed by atoms with Gasteiger partial charge in [0.05, 0.1) is 0 Å². The van der Waals surface area contributed by atoms with Crippen LogP contribution in [-0.2, 0) is 0 Å². The normalized spacial score (nSPS) is 12.4. The van der Waals surface area contributed by atoms with Crippen LogP contribution >= 0.6 is 11.3 Å². The summed E-state index contributed by atoms with van der Waals surface area (Å²) in [6.45, 7) is 0. The molecule has 10 rings (SSSR count). The lowest BCUT2D eigenvalue weighted by Crippen LogP contribution is -1.99. The van der Waals surface area contributed by atoms with Crippen molar-refractivity contribution in [2.45, 2.75) is 0 Å². The molecule has 1 aliphatic heterocycles. The second-order valence-corrected chi connectivity index (χ2v) is 12.8. The first-order chi connectivity index (χ1) is 22.3. The van der Waals surface area contributed by atoms with E-state index >= 15 is 0 Å². The predicted octanol–water partition coefficient (Wildman–Crippen LogP) is 12.7. The average Bonchev–Trinajstić information content (AvgIpc) is 3.48. The first-order valence-corrected chi connectivity index (χ1v) is 16.0. The van der Waals surface area contributed by atoms with Gasteiger partial charge in [-0.3, -0.25) is 0 Å². The fourth-order valence-corrected chi connectivity index (χ4v) is 8.02. The fourth-order valence-electron chi connectivity index (χ4n) is 6.93. The van der Waals surface area contributed by atoms with Crippen molar-refractivity contribution >= 4 is 63.8 Å². The minimum atomic E-state index is 0.722. The molecule has 0 bridgehead atoms. The molecule has 45 heavy (non-hydrogen) atoms. The molecule has 0 radical (unpaired) electrons. The third-order valence-electron chi connectivity index (χ3n) is 9.11. The molecule has 0 fully saturated rings. The second kappa shape index (κ2) is 9.43. The van der Waals surface area contributed by atoms with Gasteiger partial charge in [0, 0.05) is 20.2 Å². The summed E-state index contributed by atoms with van der Waals surface area (Å²) < 4.78 is 15.5. The third kappa shape index (κ3) is 3.81. The second-order valence-electron chi connectivity index (χ2n) is 11.7. The van der Waals surface area contributed by atoms with Crippen molar-refractivity contribution in [3.63, 3.8) is 0 Å². The topological polar surface area (TPSA) is 18.5 Å². The van der Waals surface area contributed by atoms with Crippen LogP contribution in [0.15, 0.2) is 146 Å². The van der Waals surface area contributed by atoms with Gasteiger partial charge >= 0.3 is 0 Å². The van der Waals surface area contributed by atoms with Gasteiger partial charge in [0.1, 0.15) is 0 Å². The van der Waals surface area contributed by atoms with Crippen LogP contribution in [0.1, 0.15) is 0 Å². The summed E-state index contributed by atoms with van der Waals surface area (Å²) in [6.07, 6.45) is 0. The summed E-state index contributed by atoms with van der Waals surface area (Å²) in [5, 5.41) is 10.2. The summed E-state index contributed by atoms with van der Waals surface area (Å²) in [5.74, 6) is 2.90. The van der Waals surface area contributed by atoms with Gasteiger partial charge in [-0.15, -0.1) is 11.3 Å². The Morgan fingerprint density at radius 2 is 0.711 bits per heavy atom. The molecule has 2 heterocycles. The van der Waals surface area contributed by atoms with Gasteiger partial charge in [-0.1, -0.05) is 97.1 Å². The van der Waals surface area contributed by atoms with E-state index in [-0.39, 0.29) is 0 Å².